The van der Waals surface area contributed by atoms with E-state index in [0.29, 0.717) is 5.75 Å². The van der Waals surface area contributed by atoms with Gasteiger partial charge in [0.05, 0.1) is 0 Å². The topological polar surface area (TPSA) is 43.8 Å². The molecule has 0 atom stereocenters. The molecule has 24 heavy (non-hydrogen) atoms. The van der Waals surface area contributed by atoms with Gasteiger partial charge in [0.2, 0.25) is 0 Å². The maximum Gasteiger partial charge on any atom is 0.253 e. The lowest BCUT2D eigenvalue weighted by Crippen LogP contribution is -2.49. The lowest BCUT2D eigenvalue weighted by Gasteiger charge is -2.34. The molecule has 0 radical (unpaired) electrons. The molecule has 0 unspecified atom stereocenters. The van der Waals surface area contributed by atoms with Gasteiger partial charge in [0.25, 0.3) is 5.91 Å². The van der Waals surface area contributed by atoms with Gasteiger partial charge in [0.15, 0.2) is 0 Å². The molecule has 1 fully saturated rings. The van der Waals surface area contributed by atoms with Gasteiger partial charge < -0.3 is 10.0 Å². The van der Waals surface area contributed by atoms with Gasteiger partial charge in [-0.2, -0.15) is 0 Å². The largest absolute Gasteiger partial charge is 0.508 e. The van der Waals surface area contributed by atoms with Crippen molar-refractivity contribution in [1.82, 2.24) is 9.80 Å². The highest BCUT2D eigenvalue weighted by Crippen LogP contribution is 2.17. The van der Waals surface area contributed by atoms with Crippen LogP contribution >= 0.6 is 12.4 Å². The SMILES string of the molecule is Cl.O=C(c1ccccc1)N1CCN(CCc2ccccc2O)CC1. The van der Waals surface area contributed by atoms with Crippen molar-refractivity contribution in [2.45, 2.75) is 6.42 Å². The highest BCUT2D eigenvalue weighted by Gasteiger charge is 2.21. The third kappa shape index (κ3) is 4.49. The number of benzene rings is 2. The quantitative estimate of drug-likeness (QED) is 0.925. The monoisotopic (exact) mass is 346 g/mol. The van der Waals surface area contributed by atoms with Crippen LogP contribution < -0.4 is 0 Å². The molecule has 0 aromatic heterocycles. The summed E-state index contributed by atoms with van der Waals surface area (Å²) in [5, 5.41) is 9.81. The normalized spacial score (nSPS) is 14.9. The zero-order valence-corrected chi connectivity index (χ0v) is 14.4. The summed E-state index contributed by atoms with van der Waals surface area (Å²) in [4.78, 5) is 16.7. The van der Waals surface area contributed by atoms with Crippen LogP contribution in [0.5, 0.6) is 5.75 Å². The van der Waals surface area contributed by atoms with E-state index in [1.54, 1.807) is 6.07 Å². The van der Waals surface area contributed by atoms with Gasteiger partial charge >= 0.3 is 0 Å². The third-order valence-corrected chi connectivity index (χ3v) is 4.37. The van der Waals surface area contributed by atoms with E-state index >= 15 is 0 Å². The second kappa shape index (κ2) is 8.71. The summed E-state index contributed by atoms with van der Waals surface area (Å²) in [6.07, 6.45) is 0.833. The molecule has 3 rings (SSSR count). The van der Waals surface area contributed by atoms with Crippen molar-refractivity contribution < 1.29 is 9.90 Å². The number of hydrogen-bond acceptors (Lipinski definition) is 3. The van der Waals surface area contributed by atoms with Crippen LogP contribution in [0.25, 0.3) is 0 Å². The molecule has 1 amide bonds. The fraction of sp³-hybridized carbons (Fsp3) is 0.316. The lowest BCUT2D eigenvalue weighted by molar-refractivity contribution is 0.0638. The van der Waals surface area contributed by atoms with Crippen molar-refractivity contribution in [1.29, 1.82) is 0 Å². The molecule has 0 bridgehead atoms. The first kappa shape index (κ1) is 18.3. The van der Waals surface area contributed by atoms with Gasteiger partial charge in [-0.3, -0.25) is 9.69 Å². The van der Waals surface area contributed by atoms with Crippen molar-refractivity contribution in [3.8, 4) is 5.75 Å². The van der Waals surface area contributed by atoms with Gasteiger partial charge in [0, 0.05) is 38.3 Å². The summed E-state index contributed by atoms with van der Waals surface area (Å²) in [5.41, 5.74) is 1.74. The minimum atomic E-state index is 0. The molecule has 1 aliphatic rings. The first-order chi connectivity index (χ1) is 11.2. The van der Waals surface area contributed by atoms with Crippen LogP contribution in [0.3, 0.4) is 0 Å². The Morgan fingerprint density at radius 3 is 2.21 bits per heavy atom. The average Bonchev–Trinajstić information content (AvgIpc) is 2.62. The Kier molecular flexibility index (Phi) is 6.64. The van der Waals surface area contributed by atoms with Crippen molar-refractivity contribution >= 4 is 18.3 Å². The van der Waals surface area contributed by atoms with Crippen molar-refractivity contribution in [3.05, 3.63) is 65.7 Å². The molecular formula is C19H23ClN2O2. The first-order valence-corrected chi connectivity index (χ1v) is 8.07. The number of halogens is 1. The molecule has 0 saturated carbocycles. The number of carbonyl (C=O) groups excluding carboxylic acids is 1. The maximum atomic E-state index is 12.4. The van der Waals surface area contributed by atoms with Crippen LogP contribution in [0.1, 0.15) is 15.9 Å². The first-order valence-electron chi connectivity index (χ1n) is 8.07. The minimum absolute atomic E-state index is 0. The van der Waals surface area contributed by atoms with Gasteiger partial charge in [0.1, 0.15) is 5.75 Å². The fourth-order valence-electron chi connectivity index (χ4n) is 2.94. The Hall–Kier alpha value is -2.04. The predicted octanol–water partition coefficient (Wildman–Crippen LogP) is 2.81. The van der Waals surface area contributed by atoms with E-state index in [0.717, 1.165) is 50.3 Å². The van der Waals surface area contributed by atoms with Crippen LogP contribution in [-0.2, 0) is 6.42 Å². The molecule has 1 saturated heterocycles. The van der Waals surface area contributed by atoms with Crippen LogP contribution in [-0.4, -0.2) is 53.5 Å². The minimum Gasteiger partial charge on any atom is -0.508 e. The zero-order chi connectivity index (χ0) is 16.1. The van der Waals surface area contributed by atoms with Gasteiger partial charge in [-0.15, -0.1) is 12.4 Å². The van der Waals surface area contributed by atoms with E-state index in [1.165, 1.54) is 0 Å². The van der Waals surface area contributed by atoms with Gasteiger partial charge in [-0.05, 0) is 30.2 Å². The number of phenolic OH excluding ortho intramolecular Hbond substituents is 1. The Balaban J connectivity index is 0.00000208. The number of rotatable bonds is 4. The van der Waals surface area contributed by atoms with E-state index in [1.807, 2.05) is 53.4 Å². The molecule has 2 aromatic rings. The van der Waals surface area contributed by atoms with Crippen molar-refractivity contribution in [3.63, 3.8) is 0 Å². The zero-order valence-electron chi connectivity index (χ0n) is 13.6. The summed E-state index contributed by atoms with van der Waals surface area (Å²) >= 11 is 0. The number of aromatic hydroxyl groups is 1. The number of hydrogen-bond donors (Lipinski definition) is 1. The summed E-state index contributed by atoms with van der Waals surface area (Å²) in [7, 11) is 0. The summed E-state index contributed by atoms with van der Waals surface area (Å²) in [6.45, 7) is 4.19. The van der Waals surface area contributed by atoms with E-state index in [2.05, 4.69) is 4.90 Å². The average molecular weight is 347 g/mol. The molecule has 0 aliphatic carbocycles. The fourth-order valence-corrected chi connectivity index (χ4v) is 2.94. The van der Waals surface area contributed by atoms with E-state index in [9.17, 15) is 9.90 Å². The van der Waals surface area contributed by atoms with Gasteiger partial charge in [-0.1, -0.05) is 36.4 Å². The van der Waals surface area contributed by atoms with Crippen molar-refractivity contribution in [2.24, 2.45) is 0 Å². The molecule has 5 heteroatoms. The van der Waals surface area contributed by atoms with E-state index in [4.69, 9.17) is 0 Å². The second-order valence-electron chi connectivity index (χ2n) is 5.88. The van der Waals surface area contributed by atoms with Crippen LogP contribution in [0.4, 0.5) is 0 Å². The van der Waals surface area contributed by atoms with Crippen LogP contribution in [0, 0.1) is 0 Å². The van der Waals surface area contributed by atoms with E-state index < -0.39 is 0 Å². The highest BCUT2D eigenvalue weighted by molar-refractivity contribution is 5.94. The molecule has 1 heterocycles. The van der Waals surface area contributed by atoms with Crippen LogP contribution in [0.15, 0.2) is 54.6 Å². The summed E-state index contributed by atoms with van der Waals surface area (Å²) in [6, 6.07) is 16.9. The Labute approximate surface area is 149 Å². The number of amides is 1. The molecule has 128 valence electrons. The van der Waals surface area contributed by atoms with Crippen LogP contribution in [0.2, 0.25) is 0 Å². The van der Waals surface area contributed by atoms with E-state index in [-0.39, 0.29) is 18.3 Å². The standard InChI is InChI=1S/C19H22N2O2.ClH/c22-18-9-5-4-6-16(18)10-11-20-12-14-21(15-13-20)19(23)17-7-2-1-3-8-17;/h1-9,22H,10-15H2;1H. The predicted molar refractivity (Wildman–Crippen MR) is 97.8 cm³/mol. The maximum absolute atomic E-state index is 12.4. The number of phenols is 1. The highest BCUT2D eigenvalue weighted by atomic mass is 35.5. The molecule has 1 aliphatic heterocycles. The molecule has 0 spiro atoms. The number of piperazine rings is 1. The Bertz CT molecular complexity index is 655. The summed E-state index contributed by atoms with van der Waals surface area (Å²) < 4.78 is 0. The third-order valence-electron chi connectivity index (χ3n) is 4.37. The number of para-hydroxylation sites is 1. The Morgan fingerprint density at radius 1 is 0.917 bits per heavy atom. The molecule has 2 aromatic carbocycles. The Morgan fingerprint density at radius 2 is 1.54 bits per heavy atom. The molecule has 1 N–H and O–H groups in total. The smallest absolute Gasteiger partial charge is 0.253 e. The number of nitrogens with zero attached hydrogens (tertiary/aromatic N) is 2. The molecular weight excluding hydrogens is 324 g/mol. The second-order valence-corrected chi connectivity index (χ2v) is 5.88. The molecule has 4 nitrogen and oxygen atoms in total. The lowest BCUT2D eigenvalue weighted by atomic mass is 10.1. The number of carbonyl (C=O) groups is 1. The summed E-state index contributed by atoms with van der Waals surface area (Å²) in [5.74, 6) is 0.483. The van der Waals surface area contributed by atoms with Crippen molar-refractivity contribution in [2.75, 3.05) is 32.7 Å². The van der Waals surface area contributed by atoms with Gasteiger partial charge in [-0.25, -0.2) is 0 Å².